The van der Waals surface area contributed by atoms with E-state index < -0.39 is 11.9 Å². The van der Waals surface area contributed by atoms with Crippen LogP contribution in [0.25, 0.3) is 33.5 Å². The summed E-state index contributed by atoms with van der Waals surface area (Å²) in [4.78, 5) is 22.9. The lowest BCUT2D eigenvalue weighted by Gasteiger charge is -2.33. The van der Waals surface area contributed by atoms with E-state index >= 15 is 0 Å². The molecule has 0 aliphatic carbocycles. The molecule has 4 heterocycles. The second-order valence-electron chi connectivity index (χ2n) is 7.56. The van der Waals surface area contributed by atoms with Crippen molar-refractivity contribution >= 4 is 34.2 Å². The van der Waals surface area contributed by atoms with Gasteiger partial charge in [0.25, 0.3) is 0 Å². The van der Waals surface area contributed by atoms with E-state index in [1.807, 2.05) is 18.2 Å². The van der Waals surface area contributed by atoms with E-state index in [0.29, 0.717) is 46.1 Å². The van der Waals surface area contributed by atoms with Crippen LogP contribution in [-0.4, -0.2) is 51.7 Å². The van der Waals surface area contributed by atoms with Gasteiger partial charge in [-0.25, -0.2) is 9.37 Å². The Hall–Kier alpha value is -3.56. The van der Waals surface area contributed by atoms with Crippen molar-refractivity contribution in [2.75, 3.05) is 24.5 Å². The normalized spacial score (nSPS) is 16.4. The minimum atomic E-state index is -0.421. The van der Waals surface area contributed by atoms with Gasteiger partial charge in [0.05, 0.1) is 28.6 Å². The quantitative estimate of drug-likeness (QED) is 0.439. The molecule has 1 saturated heterocycles. The first-order valence-corrected chi connectivity index (χ1v) is 10.4. The SMILES string of the molecule is NC(=O)C1CN(c2cnc3ccc(-c4c[nH]nc4-c4cc(Cl)ccc4F)nc3c2)CCN1. The summed E-state index contributed by atoms with van der Waals surface area (Å²) in [6.45, 7) is 1.82. The van der Waals surface area contributed by atoms with Crippen molar-refractivity contribution in [3.63, 3.8) is 0 Å². The van der Waals surface area contributed by atoms with Crippen LogP contribution < -0.4 is 16.0 Å². The van der Waals surface area contributed by atoms with Gasteiger partial charge in [-0.05, 0) is 36.4 Å². The molecule has 0 spiro atoms. The predicted octanol–water partition coefficient (Wildman–Crippen LogP) is 2.74. The molecule has 5 rings (SSSR count). The number of halogens is 2. The van der Waals surface area contributed by atoms with Crippen LogP contribution in [0, 0.1) is 5.82 Å². The van der Waals surface area contributed by atoms with Crippen molar-refractivity contribution in [1.82, 2.24) is 25.5 Å². The van der Waals surface area contributed by atoms with E-state index in [2.05, 4.69) is 25.4 Å². The van der Waals surface area contributed by atoms with Crippen LogP contribution in [0.1, 0.15) is 0 Å². The maximum Gasteiger partial charge on any atom is 0.236 e. The van der Waals surface area contributed by atoms with E-state index in [1.165, 1.54) is 18.2 Å². The Morgan fingerprint density at radius 1 is 1.19 bits per heavy atom. The number of amides is 1. The number of rotatable bonds is 4. The monoisotopic (exact) mass is 451 g/mol. The van der Waals surface area contributed by atoms with Crippen molar-refractivity contribution in [2.24, 2.45) is 5.73 Å². The molecule has 1 fully saturated rings. The highest BCUT2D eigenvalue weighted by Crippen LogP contribution is 2.33. The summed E-state index contributed by atoms with van der Waals surface area (Å²) in [6.07, 6.45) is 3.44. The zero-order chi connectivity index (χ0) is 22.2. The molecule has 8 nitrogen and oxygen atoms in total. The molecule has 4 aromatic rings. The first-order chi connectivity index (χ1) is 15.5. The molecule has 1 unspecified atom stereocenters. The number of nitrogens with two attached hydrogens (primary N) is 1. The van der Waals surface area contributed by atoms with Gasteiger partial charge in [0.1, 0.15) is 17.6 Å². The molecular formula is C22H19ClFN7O. The van der Waals surface area contributed by atoms with Crippen molar-refractivity contribution in [3.8, 4) is 22.5 Å². The van der Waals surface area contributed by atoms with Gasteiger partial charge in [0.15, 0.2) is 0 Å². The number of H-pyrrole nitrogens is 1. The minimum absolute atomic E-state index is 0.292. The highest BCUT2D eigenvalue weighted by Gasteiger charge is 2.24. The highest BCUT2D eigenvalue weighted by atomic mass is 35.5. The maximum atomic E-state index is 14.4. The summed E-state index contributed by atoms with van der Waals surface area (Å²) >= 11 is 6.06. The summed E-state index contributed by atoms with van der Waals surface area (Å²) in [5.41, 5.74) is 9.68. The number of hydrogen-bond acceptors (Lipinski definition) is 6. The van der Waals surface area contributed by atoms with Crippen LogP contribution in [0.3, 0.4) is 0 Å². The smallest absolute Gasteiger partial charge is 0.236 e. The van der Waals surface area contributed by atoms with Crippen molar-refractivity contribution in [1.29, 1.82) is 0 Å². The second kappa shape index (κ2) is 8.18. The number of hydrogen-bond donors (Lipinski definition) is 3. The highest BCUT2D eigenvalue weighted by molar-refractivity contribution is 6.30. The van der Waals surface area contributed by atoms with E-state index in [-0.39, 0.29) is 5.91 Å². The van der Waals surface area contributed by atoms with Gasteiger partial charge >= 0.3 is 0 Å². The summed E-state index contributed by atoms with van der Waals surface area (Å²) in [5, 5.41) is 10.5. The number of aromatic amines is 1. The number of aromatic nitrogens is 4. The summed E-state index contributed by atoms with van der Waals surface area (Å²) in [7, 11) is 0. The number of pyridine rings is 2. The van der Waals surface area contributed by atoms with Crippen molar-refractivity contribution in [2.45, 2.75) is 6.04 Å². The van der Waals surface area contributed by atoms with Crippen LogP contribution in [0.5, 0.6) is 0 Å². The van der Waals surface area contributed by atoms with Crippen molar-refractivity contribution < 1.29 is 9.18 Å². The summed E-state index contributed by atoms with van der Waals surface area (Å²) < 4.78 is 14.4. The molecule has 0 saturated carbocycles. The zero-order valence-electron chi connectivity index (χ0n) is 16.8. The Kier molecular flexibility index (Phi) is 5.20. The van der Waals surface area contributed by atoms with Gasteiger partial charge < -0.3 is 16.0 Å². The van der Waals surface area contributed by atoms with E-state index in [9.17, 15) is 9.18 Å². The lowest BCUT2D eigenvalue weighted by atomic mass is 10.0. The molecule has 1 aliphatic rings. The third-order valence-corrected chi connectivity index (χ3v) is 5.74. The number of anilines is 1. The molecular weight excluding hydrogens is 433 g/mol. The van der Waals surface area contributed by atoms with Crippen LogP contribution in [0.2, 0.25) is 5.02 Å². The average molecular weight is 452 g/mol. The Bertz CT molecular complexity index is 1320. The second-order valence-corrected chi connectivity index (χ2v) is 7.99. The average Bonchev–Trinajstić information content (AvgIpc) is 3.29. The van der Waals surface area contributed by atoms with E-state index in [1.54, 1.807) is 12.4 Å². The number of piperazine rings is 1. The lowest BCUT2D eigenvalue weighted by Crippen LogP contribution is -2.56. The maximum absolute atomic E-state index is 14.4. The molecule has 32 heavy (non-hydrogen) atoms. The Labute approximate surface area is 187 Å². The van der Waals surface area contributed by atoms with Gasteiger partial charge in [-0.15, -0.1) is 0 Å². The zero-order valence-corrected chi connectivity index (χ0v) is 17.6. The van der Waals surface area contributed by atoms with Crippen LogP contribution in [0.4, 0.5) is 10.1 Å². The third kappa shape index (κ3) is 3.76. The predicted molar refractivity (Wildman–Crippen MR) is 121 cm³/mol. The van der Waals surface area contributed by atoms with Crippen LogP contribution >= 0.6 is 11.6 Å². The molecule has 0 radical (unpaired) electrons. The number of carbonyl (C=O) groups excluding carboxylic acids is 1. The molecule has 1 amide bonds. The fraction of sp³-hybridized carbons (Fsp3) is 0.182. The largest absolute Gasteiger partial charge is 0.368 e. The fourth-order valence-electron chi connectivity index (χ4n) is 3.86. The standard InChI is InChI=1S/C22H19ClFN7O/c23-12-1-2-16(24)14(7-12)21-15(10-28-30-21)17-3-4-18-19(29-17)8-13(9-27-18)31-6-5-26-20(11-31)22(25)32/h1-4,7-10,20,26H,5-6,11H2,(H2,25,32)(H,28,30). The molecule has 10 heteroatoms. The van der Waals surface area contributed by atoms with Crippen LogP contribution in [0.15, 0.2) is 48.8 Å². The number of primary amides is 1. The number of nitrogens with zero attached hydrogens (tertiary/aromatic N) is 4. The van der Waals surface area contributed by atoms with Gasteiger partial charge in [-0.1, -0.05) is 11.6 Å². The molecule has 1 aromatic carbocycles. The van der Waals surface area contributed by atoms with E-state index in [0.717, 1.165) is 17.7 Å². The van der Waals surface area contributed by atoms with Crippen LogP contribution in [-0.2, 0) is 4.79 Å². The first kappa shape index (κ1) is 20.3. The van der Waals surface area contributed by atoms with Gasteiger partial charge in [0, 0.05) is 42.0 Å². The summed E-state index contributed by atoms with van der Waals surface area (Å²) in [5.74, 6) is -0.806. The minimum Gasteiger partial charge on any atom is -0.368 e. The van der Waals surface area contributed by atoms with Gasteiger partial charge in [-0.3, -0.25) is 14.9 Å². The molecule has 162 valence electrons. The topological polar surface area (TPSA) is 113 Å². The number of carbonyl (C=O) groups is 1. The third-order valence-electron chi connectivity index (χ3n) is 5.51. The number of nitrogens with one attached hydrogen (secondary N) is 2. The Morgan fingerprint density at radius 2 is 2.06 bits per heavy atom. The molecule has 4 N–H and O–H groups in total. The molecule has 0 bridgehead atoms. The molecule has 3 aromatic heterocycles. The lowest BCUT2D eigenvalue weighted by molar-refractivity contribution is -0.120. The molecule has 1 aliphatic heterocycles. The summed E-state index contributed by atoms with van der Waals surface area (Å²) in [6, 6.07) is 9.53. The van der Waals surface area contributed by atoms with Gasteiger partial charge in [-0.2, -0.15) is 5.10 Å². The number of fused-ring (bicyclic) bond motifs is 1. The first-order valence-electron chi connectivity index (χ1n) is 10.0. The Morgan fingerprint density at radius 3 is 2.91 bits per heavy atom. The number of benzene rings is 1. The molecule has 1 atom stereocenters. The van der Waals surface area contributed by atoms with E-state index in [4.69, 9.17) is 22.3 Å². The van der Waals surface area contributed by atoms with Gasteiger partial charge in [0.2, 0.25) is 5.91 Å². The van der Waals surface area contributed by atoms with Crippen molar-refractivity contribution in [3.05, 3.63) is 59.6 Å². The fourth-order valence-corrected chi connectivity index (χ4v) is 4.04. The Balaban J connectivity index is 1.53.